The van der Waals surface area contributed by atoms with Crippen LogP contribution in [0.1, 0.15) is 36.3 Å². The van der Waals surface area contributed by atoms with E-state index in [2.05, 4.69) is 62.1 Å². The van der Waals surface area contributed by atoms with E-state index in [0.29, 0.717) is 5.92 Å². The van der Waals surface area contributed by atoms with Gasteiger partial charge in [0, 0.05) is 0 Å². The first kappa shape index (κ1) is 23.1. The molecule has 0 aliphatic heterocycles. The number of allylic oxidation sites excluding steroid dienone is 5. The van der Waals surface area contributed by atoms with Gasteiger partial charge in [0.15, 0.2) is 0 Å². The van der Waals surface area contributed by atoms with Crippen LogP contribution in [0.5, 0.6) is 0 Å². The summed E-state index contributed by atoms with van der Waals surface area (Å²) >= 11 is 1.56. The Bertz CT molecular complexity index is 689. The Morgan fingerprint density at radius 3 is 2.52 bits per heavy atom. The van der Waals surface area contributed by atoms with E-state index in [1.165, 1.54) is 23.1 Å². The van der Waals surface area contributed by atoms with Crippen LogP contribution in [0.2, 0.25) is 19.6 Å². The Labute approximate surface area is 180 Å². The second kappa shape index (κ2) is 9.85. The molecule has 0 bridgehead atoms. The van der Waals surface area contributed by atoms with Gasteiger partial charge in [0.2, 0.25) is 0 Å². The van der Waals surface area contributed by atoms with Crippen LogP contribution in [0.25, 0.3) is 6.08 Å². The van der Waals surface area contributed by atoms with Gasteiger partial charge < -0.3 is 24.8 Å². The standard InChI is InChI=1S/C20H25OSi.2ClH.Zr/c1-22(2,3)21-14-8-13-19-18-12-7-6-11-17(18)15-20(19)16-9-4-5-10-16;;;/h4,6-7,9,11-12,15,19H,5,8,13-14H2,1-3H3;2*1H;/q;;;+2/p-2. The molecule has 1 nitrogen and oxygen atoms in total. The Hall–Kier alpha value is 0.0800. The predicted octanol–water partition coefficient (Wildman–Crippen LogP) is -0.432. The van der Waals surface area contributed by atoms with E-state index in [-0.39, 0.29) is 24.8 Å². The smallest absolute Gasteiger partial charge is 1.00 e. The first-order valence-electron chi connectivity index (χ1n) is 8.52. The third-order valence-electron chi connectivity index (χ3n) is 4.47. The van der Waals surface area contributed by atoms with Crippen LogP contribution < -0.4 is 24.8 Å². The molecule has 1 aromatic carbocycles. The quantitative estimate of drug-likeness (QED) is 0.404. The summed E-state index contributed by atoms with van der Waals surface area (Å²) in [6.45, 7) is 7.71. The summed E-state index contributed by atoms with van der Waals surface area (Å²) in [6, 6.07) is 8.90. The molecule has 0 heterocycles. The molecular formula is C20H25Cl2OSiZr. The van der Waals surface area contributed by atoms with E-state index in [9.17, 15) is 0 Å². The van der Waals surface area contributed by atoms with Crippen molar-refractivity contribution in [2.75, 3.05) is 6.61 Å². The van der Waals surface area contributed by atoms with Gasteiger partial charge in [-0.15, -0.1) is 0 Å². The number of fused-ring (bicyclic) bond motifs is 1. The van der Waals surface area contributed by atoms with E-state index in [4.69, 9.17) is 4.43 Å². The molecule has 2 aliphatic carbocycles. The molecule has 133 valence electrons. The average Bonchev–Trinajstić information content (AvgIpc) is 3.06. The van der Waals surface area contributed by atoms with Crippen molar-refractivity contribution in [3.63, 3.8) is 0 Å². The zero-order valence-electron chi connectivity index (χ0n) is 15.1. The molecule has 2 aliphatic rings. The predicted molar refractivity (Wildman–Crippen MR) is 96.5 cm³/mol. The van der Waals surface area contributed by atoms with Crippen molar-refractivity contribution in [2.24, 2.45) is 0 Å². The summed E-state index contributed by atoms with van der Waals surface area (Å²) in [5.74, 6) is 0.546. The fraction of sp³-hybridized carbons (Fsp3) is 0.400. The molecule has 0 amide bonds. The summed E-state index contributed by atoms with van der Waals surface area (Å²) in [6.07, 6.45) is 10.6. The monoisotopic (exact) mass is 469 g/mol. The Morgan fingerprint density at radius 1 is 1.16 bits per heavy atom. The van der Waals surface area contributed by atoms with Gasteiger partial charge in [0.1, 0.15) is 0 Å². The minimum Gasteiger partial charge on any atom is -1.00 e. The Kier molecular flexibility index (Phi) is 9.11. The van der Waals surface area contributed by atoms with Gasteiger partial charge in [0.05, 0.1) is 0 Å². The molecule has 0 saturated carbocycles. The van der Waals surface area contributed by atoms with Crippen LogP contribution >= 0.6 is 0 Å². The SMILES string of the molecule is C[Si](C)(C)OCCCC1C(C2=[C]([Zr+2])CC=C2)=Cc2ccccc21.[Cl-].[Cl-]. The molecule has 0 aromatic heterocycles. The molecule has 5 heteroatoms. The molecule has 0 spiro atoms. The third kappa shape index (κ3) is 5.78. The zero-order chi connectivity index (χ0) is 16.4. The van der Waals surface area contributed by atoms with Gasteiger partial charge in [-0.05, 0) is 0 Å². The van der Waals surface area contributed by atoms with Crippen LogP contribution in [0.15, 0.2) is 50.8 Å². The fourth-order valence-electron chi connectivity index (χ4n) is 3.41. The first-order chi connectivity index (χ1) is 11.0. The molecule has 0 fully saturated rings. The molecule has 3 rings (SSSR count). The molecule has 0 radical (unpaired) electrons. The van der Waals surface area contributed by atoms with Gasteiger partial charge in [-0.1, -0.05) is 0 Å². The molecule has 0 N–H and O–H groups in total. The van der Waals surface area contributed by atoms with Gasteiger partial charge in [0.25, 0.3) is 0 Å². The third-order valence-corrected chi connectivity index (χ3v) is 6.71. The Balaban J connectivity index is 0.00000156. The average molecular weight is 472 g/mol. The molecule has 1 aromatic rings. The van der Waals surface area contributed by atoms with E-state index in [1.54, 1.807) is 33.6 Å². The van der Waals surface area contributed by atoms with Crippen LogP contribution in [0, 0.1) is 0 Å². The van der Waals surface area contributed by atoms with Crippen molar-refractivity contribution in [1.29, 1.82) is 0 Å². The summed E-state index contributed by atoms with van der Waals surface area (Å²) in [5, 5.41) is 0. The van der Waals surface area contributed by atoms with Gasteiger partial charge in [-0.3, -0.25) is 0 Å². The number of halogens is 2. The second-order valence-corrected chi connectivity index (χ2v) is 13.4. The van der Waals surface area contributed by atoms with Crippen molar-refractivity contribution >= 4 is 14.4 Å². The zero-order valence-corrected chi connectivity index (χ0v) is 20.1. The van der Waals surface area contributed by atoms with Gasteiger partial charge in [-0.25, -0.2) is 0 Å². The van der Waals surface area contributed by atoms with Crippen molar-refractivity contribution in [1.82, 2.24) is 0 Å². The topological polar surface area (TPSA) is 9.23 Å². The van der Waals surface area contributed by atoms with Crippen LogP contribution in [-0.4, -0.2) is 14.9 Å². The van der Waals surface area contributed by atoms with E-state index in [0.717, 1.165) is 19.4 Å². The van der Waals surface area contributed by atoms with Crippen molar-refractivity contribution in [3.8, 4) is 0 Å². The minimum absolute atomic E-state index is 0. The number of benzene rings is 1. The molecule has 25 heavy (non-hydrogen) atoms. The van der Waals surface area contributed by atoms with Crippen molar-refractivity contribution < 1.29 is 54.0 Å². The van der Waals surface area contributed by atoms with Crippen LogP contribution in [0.3, 0.4) is 0 Å². The van der Waals surface area contributed by atoms with Gasteiger partial charge >= 0.3 is 157 Å². The van der Waals surface area contributed by atoms with Crippen LogP contribution in [-0.2, 0) is 29.1 Å². The summed E-state index contributed by atoms with van der Waals surface area (Å²) in [5.41, 5.74) is 5.97. The van der Waals surface area contributed by atoms with Crippen LogP contribution in [0.4, 0.5) is 0 Å². The number of hydrogen-bond donors (Lipinski definition) is 0. The van der Waals surface area contributed by atoms with E-state index >= 15 is 0 Å². The largest absolute Gasteiger partial charge is 1.00 e. The Morgan fingerprint density at radius 2 is 1.88 bits per heavy atom. The second-order valence-electron chi connectivity index (χ2n) is 7.38. The van der Waals surface area contributed by atoms with E-state index in [1.807, 2.05) is 0 Å². The summed E-state index contributed by atoms with van der Waals surface area (Å²) in [7, 11) is -1.39. The van der Waals surface area contributed by atoms with E-state index < -0.39 is 8.32 Å². The fourth-order valence-corrected chi connectivity index (χ4v) is 5.02. The minimum atomic E-state index is -1.39. The number of hydrogen-bond acceptors (Lipinski definition) is 1. The van der Waals surface area contributed by atoms with Crippen molar-refractivity contribution in [3.05, 3.63) is 62.0 Å². The maximum Gasteiger partial charge on any atom is -1.00 e. The van der Waals surface area contributed by atoms with Gasteiger partial charge in [-0.2, -0.15) is 0 Å². The maximum absolute atomic E-state index is 6.06. The van der Waals surface area contributed by atoms with Crippen molar-refractivity contribution in [2.45, 2.75) is 44.8 Å². The summed E-state index contributed by atoms with van der Waals surface area (Å²) < 4.78 is 7.65. The molecule has 1 atom stereocenters. The molecular weight excluding hydrogens is 446 g/mol. The molecule has 1 unspecified atom stereocenters. The maximum atomic E-state index is 6.06. The summed E-state index contributed by atoms with van der Waals surface area (Å²) in [4.78, 5) is 0. The molecule has 0 saturated heterocycles. The normalized spacial score (nSPS) is 18.6. The number of rotatable bonds is 6. The first-order valence-corrected chi connectivity index (χ1v) is 13.2.